The predicted octanol–water partition coefficient (Wildman–Crippen LogP) is 1.11. The Balaban J connectivity index is 2.81. The average molecular weight is 211 g/mol. The lowest BCUT2D eigenvalue weighted by molar-refractivity contribution is -0.386. The molecule has 2 N–H and O–H groups in total. The molecule has 6 nitrogen and oxygen atoms in total. The van der Waals surface area contributed by atoms with E-state index in [2.05, 4.69) is 4.98 Å². The van der Waals surface area contributed by atoms with E-state index in [0.29, 0.717) is 0 Å². The molecule has 0 radical (unpaired) electrons. The first kappa shape index (κ1) is 11.4. The smallest absolute Gasteiger partial charge is 0.329 e. The summed E-state index contributed by atoms with van der Waals surface area (Å²) in [4.78, 5) is 13.7. The summed E-state index contributed by atoms with van der Waals surface area (Å²) in [5, 5.41) is 10.6. The molecule has 0 unspecified atom stereocenters. The minimum absolute atomic E-state index is 0.151. The summed E-state index contributed by atoms with van der Waals surface area (Å²) in [5.74, 6) is 0.188. The molecule has 82 valence electrons. The van der Waals surface area contributed by atoms with Crippen LogP contribution in [0.25, 0.3) is 0 Å². The van der Waals surface area contributed by atoms with Crippen molar-refractivity contribution in [3.05, 3.63) is 28.6 Å². The fourth-order valence-corrected chi connectivity index (χ4v) is 0.896. The molecule has 0 spiro atoms. The topological polar surface area (TPSA) is 91.3 Å². The number of nitrogens with zero attached hydrogens (tertiary/aromatic N) is 2. The monoisotopic (exact) mass is 211 g/mol. The fourth-order valence-electron chi connectivity index (χ4n) is 0.896. The first-order chi connectivity index (χ1) is 6.90. The Morgan fingerprint density at radius 3 is 2.87 bits per heavy atom. The van der Waals surface area contributed by atoms with E-state index in [1.54, 1.807) is 13.8 Å². The molecule has 0 atom stereocenters. The van der Waals surface area contributed by atoms with E-state index in [4.69, 9.17) is 10.5 Å². The summed E-state index contributed by atoms with van der Waals surface area (Å²) < 4.78 is 5.26. The molecule has 0 amide bonds. The first-order valence-corrected chi connectivity index (χ1v) is 4.40. The van der Waals surface area contributed by atoms with E-state index < -0.39 is 10.5 Å². The number of rotatable bonds is 4. The van der Waals surface area contributed by atoms with Crippen molar-refractivity contribution in [1.82, 2.24) is 4.98 Å². The molecule has 6 heteroatoms. The third-order valence-electron chi connectivity index (χ3n) is 1.56. The van der Waals surface area contributed by atoms with Gasteiger partial charge in [0, 0.05) is 17.8 Å². The minimum atomic E-state index is -0.536. The molecular weight excluding hydrogens is 198 g/mol. The molecule has 0 bridgehead atoms. The fraction of sp³-hybridized carbons (Fsp3) is 0.444. The van der Waals surface area contributed by atoms with Gasteiger partial charge < -0.3 is 10.5 Å². The molecule has 1 heterocycles. The zero-order valence-corrected chi connectivity index (χ0v) is 8.64. The van der Waals surface area contributed by atoms with Crippen LogP contribution in [-0.4, -0.2) is 22.1 Å². The van der Waals surface area contributed by atoms with Crippen molar-refractivity contribution in [2.45, 2.75) is 19.4 Å². The van der Waals surface area contributed by atoms with Crippen LogP contribution in [0.15, 0.2) is 18.5 Å². The van der Waals surface area contributed by atoms with Crippen LogP contribution >= 0.6 is 0 Å². The van der Waals surface area contributed by atoms with Gasteiger partial charge >= 0.3 is 5.69 Å². The summed E-state index contributed by atoms with van der Waals surface area (Å²) in [7, 11) is 0. The Bertz CT molecular complexity index is 360. The van der Waals surface area contributed by atoms with Gasteiger partial charge in [0.05, 0.1) is 4.92 Å². The van der Waals surface area contributed by atoms with Gasteiger partial charge in [-0.15, -0.1) is 0 Å². The summed E-state index contributed by atoms with van der Waals surface area (Å²) >= 11 is 0. The third kappa shape index (κ3) is 3.51. The Hall–Kier alpha value is -1.69. The second kappa shape index (κ2) is 4.22. The van der Waals surface area contributed by atoms with Crippen LogP contribution in [0, 0.1) is 10.1 Å². The van der Waals surface area contributed by atoms with E-state index in [1.165, 1.54) is 12.3 Å². The number of hydrogen-bond acceptors (Lipinski definition) is 5. The molecule has 0 saturated carbocycles. The number of ether oxygens (including phenoxy) is 1. The summed E-state index contributed by atoms with van der Waals surface area (Å²) in [6.07, 6.45) is 2.59. The van der Waals surface area contributed by atoms with Gasteiger partial charge in [0.15, 0.2) is 5.75 Å². The van der Waals surface area contributed by atoms with Crippen molar-refractivity contribution in [2.24, 2.45) is 5.73 Å². The minimum Gasteiger partial charge on any atom is -0.485 e. The van der Waals surface area contributed by atoms with Gasteiger partial charge in [0.25, 0.3) is 0 Å². The lowest BCUT2D eigenvalue weighted by atomic mass is 10.1. The molecule has 1 aromatic heterocycles. The van der Waals surface area contributed by atoms with Crippen molar-refractivity contribution < 1.29 is 9.66 Å². The summed E-state index contributed by atoms with van der Waals surface area (Å²) in [6.45, 7) is 3.76. The zero-order chi connectivity index (χ0) is 11.5. The predicted molar refractivity (Wildman–Crippen MR) is 54.7 cm³/mol. The Morgan fingerprint density at radius 1 is 1.67 bits per heavy atom. The highest BCUT2D eigenvalue weighted by molar-refractivity contribution is 5.43. The van der Waals surface area contributed by atoms with Crippen LogP contribution in [0.1, 0.15) is 13.8 Å². The van der Waals surface area contributed by atoms with Crippen molar-refractivity contribution in [1.29, 1.82) is 0 Å². The molecule has 0 aromatic carbocycles. The molecule has 0 aliphatic rings. The lowest BCUT2D eigenvalue weighted by Crippen LogP contribution is -2.38. The molecule has 0 saturated heterocycles. The third-order valence-corrected chi connectivity index (χ3v) is 1.56. The maximum absolute atomic E-state index is 10.6. The van der Waals surface area contributed by atoms with Crippen molar-refractivity contribution in [3.63, 3.8) is 0 Å². The largest absolute Gasteiger partial charge is 0.485 e. The quantitative estimate of drug-likeness (QED) is 0.594. The normalized spacial score (nSPS) is 11.1. The van der Waals surface area contributed by atoms with Gasteiger partial charge in [-0.05, 0) is 13.8 Å². The SMILES string of the molecule is CC(C)(N)COc1ccncc1[N+](=O)[O-]. The van der Waals surface area contributed by atoms with Crippen LogP contribution in [0.2, 0.25) is 0 Å². The van der Waals surface area contributed by atoms with Crippen LogP contribution in [-0.2, 0) is 0 Å². The number of pyridine rings is 1. The van der Waals surface area contributed by atoms with E-state index in [1.807, 2.05) is 0 Å². The second-order valence-corrected chi connectivity index (χ2v) is 3.88. The van der Waals surface area contributed by atoms with Gasteiger partial charge in [-0.2, -0.15) is 0 Å². The van der Waals surface area contributed by atoms with Gasteiger partial charge in [-0.3, -0.25) is 15.1 Å². The number of nitro groups is 1. The summed E-state index contributed by atoms with van der Waals surface area (Å²) in [6, 6.07) is 1.45. The van der Waals surface area contributed by atoms with Crippen molar-refractivity contribution in [2.75, 3.05) is 6.61 Å². The van der Waals surface area contributed by atoms with Crippen LogP contribution in [0.4, 0.5) is 5.69 Å². The maximum Gasteiger partial charge on any atom is 0.329 e. The van der Waals surface area contributed by atoms with E-state index in [-0.39, 0.29) is 18.0 Å². The Kier molecular flexibility index (Phi) is 3.21. The van der Waals surface area contributed by atoms with Gasteiger partial charge in [-0.1, -0.05) is 0 Å². The molecule has 1 aromatic rings. The van der Waals surface area contributed by atoms with Crippen LogP contribution in [0.5, 0.6) is 5.75 Å². The highest BCUT2D eigenvalue weighted by Crippen LogP contribution is 2.25. The maximum atomic E-state index is 10.6. The molecule has 0 fully saturated rings. The number of hydrogen-bond donors (Lipinski definition) is 1. The molecule has 15 heavy (non-hydrogen) atoms. The Morgan fingerprint density at radius 2 is 2.33 bits per heavy atom. The van der Waals surface area contributed by atoms with E-state index in [0.717, 1.165) is 6.20 Å². The zero-order valence-electron chi connectivity index (χ0n) is 8.64. The summed E-state index contributed by atoms with van der Waals surface area (Å²) in [5.41, 5.74) is 5.02. The van der Waals surface area contributed by atoms with Gasteiger partial charge in [-0.25, -0.2) is 0 Å². The van der Waals surface area contributed by atoms with Crippen LogP contribution in [0.3, 0.4) is 0 Å². The standard InChI is InChI=1S/C9H13N3O3/c1-9(2,10)6-15-8-3-4-11-5-7(8)12(13)14/h3-5H,6,10H2,1-2H3. The van der Waals surface area contributed by atoms with Crippen LogP contribution < -0.4 is 10.5 Å². The van der Waals surface area contributed by atoms with Gasteiger partial charge in [0.2, 0.25) is 0 Å². The van der Waals surface area contributed by atoms with Gasteiger partial charge in [0.1, 0.15) is 12.8 Å². The molecular formula is C9H13N3O3. The Labute approximate surface area is 87.2 Å². The molecule has 0 aliphatic heterocycles. The average Bonchev–Trinajstić information content (AvgIpc) is 2.14. The number of nitrogens with two attached hydrogens (primary N) is 1. The second-order valence-electron chi connectivity index (χ2n) is 3.88. The first-order valence-electron chi connectivity index (χ1n) is 4.40. The highest BCUT2D eigenvalue weighted by Gasteiger charge is 2.18. The lowest BCUT2D eigenvalue weighted by Gasteiger charge is -2.18. The highest BCUT2D eigenvalue weighted by atomic mass is 16.6. The van der Waals surface area contributed by atoms with E-state index >= 15 is 0 Å². The number of aromatic nitrogens is 1. The van der Waals surface area contributed by atoms with Crippen molar-refractivity contribution >= 4 is 5.69 Å². The van der Waals surface area contributed by atoms with Crippen molar-refractivity contribution in [3.8, 4) is 5.75 Å². The molecule has 1 rings (SSSR count). The van der Waals surface area contributed by atoms with E-state index in [9.17, 15) is 10.1 Å². The molecule has 0 aliphatic carbocycles.